The van der Waals surface area contributed by atoms with E-state index in [0.717, 1.165) is 13.1 Å². The van der Waals surface area contributed by atoms with Gasteiger partial charge in [0.05, 0.1) is 0 Å². The Morgan fingerprint density at radius 1 is 0.386 bits per heavy atom. The standard InChI is InChI=1S/C42H44N2/c1-3-5-11-31-43(41-21-13-17-35-15-7-9-19-39(35)41)37-27-23-33(24-28-37)34-25-29-38(30-26-34)44(32-12-6-4-2)42-22-14-18-36-16-8-10-20-40(36)42/h7-10,13-30H,3-6,11-12,31-32H2,1-2H3. The second kappa shape index (κ2) is 14.3. The Kier molecular flexibility index (Phi) is 9.57. The van der Waals surface area contributed by atoms with Crippen molar-refractivity contribution in [3.05, 3.63) is 133 Å². The molecule has 0 heterocycles. The van der Waals surface area contributed by atoms with Crippen LogP contribution < -0.4 is 9.80 Å². The fraction of sp³-hybridized carbons (Fsp3) is 0.238. The maximum Gasteiger partial charge on any atom is 0.0490 e. The van der Waals surface area contributed by atoms with Gasteiger partial charge in [-0.05, 0) is 71.1 Å². The van der Waals surface area contributed by atoms with E-state index in [9.17, 15) is 0 Å². The molecule has 0 aliphatic heterocycles. The van der Waals surface area contributed by atoms with Crippen LogP contribution in [0.4, 0.5) is 22.7 Å². The first-order valence-electron chi connectivity index (χ1n) is 16.5. The average Bonchev–Trinajstić information content (AvgIpc) is 3.09. The normalized spacial score (nSPS) is 11.2. The Morgan fingerprint density at radius 3 is 1.18 bits per heavy atom. The minimum absolute atomic E-state index is 1.01. The molecule has 0 saturated heterocycles. The summed E-state index contributed by atoms with van der Waals surface area (Å²) in [6, 6.07) is 49.1. The maximum absolute atomic E-state index is 2.50. The minimum atomic E-state index is 1.01. The molecule has 2 heteroatoms. The lowest BCUT2D eigenvalue weighted by Crippen LogP contribution is -2.19. The number of unbranched alkanes of at least 4 members (excludes halogenated alkanes) is 4. The summed E-state index contributed by atoms with van der Waals surface area (Å²) in [6.45, 7) is 6.57. The van der Waals surface area contributed by atoms with Crippen LogP contribution in [0.1, 0.15) is 52.4 Å². The molecule has 0 aliphatic rings. The monoisotopic (exact) mass is 576 g/mol. The largest absolute Gasteiger partial charge is 0.341 e. The zero-order valence-electron chi connectivity index (χ0n) is 26.3. The molecule has 222 valence electrons. The molecule has 6 aromatic carbocycles. The summed E-state index contributed by atoms with van der Waals surface area (Å²) >= 11 is 0. The van der Waals surface area contributed by atoms with Crippen LogP contribution in [0, 0.1) is 0 Å². The van der Waals surface area contributed by atoms with Crippen LogP contribution in [-0.2, 0) is 0 Å². The molecule has 0 atom stereocenters. The van der Waals surface area contributed by atoms with Crippen molar-refractivity contribution in [2.75, 3.05) is 22.9 Å². The molecule has 0 fully saturated rings. The minimum Gasteiger partial charge on any atom is -0.341 e. The number of anilines is 4. The molecule has 0 N–H and O–H groups in total. The smallest absolute Gasteiger partial charge is 0.0490 e. The van der Waals surface area contributed by atoms with Gasteiger partial charge in [0.1, 0.15) is 0 Å². The zero-order chi connectivity index (χ0) is 30.1. The first-order valence-corrected chi connectivity index (χ1v) is 16.5. The Hall–Kier alpha value is -4.56. The van der Waals surface area contributed by atoms with E-state index in [1.165, 1.54) is 93.9 Å². The van der Waals surface area contributed by atoms with Crippen LogP contribution in [0.2, 0.25) is 0 Å². The maximum atomic E-state index is 2.50. The van der Waals surface area contributed by atoms with Crippen molar-refractivity contribution < 1.29 is 0 Å². The number of hydrogen-bond donors (Lipinski definition) is 0. The Labute approximate surface area is 263 Å². The highest BCUT2D eigenvalue weighted by Gasteiger charge is 2.15. The van der Waals surface area contributed by atoms with Crippen LogP contribution >= 0.6 is 0 Å². The van der Waals surface area contributed by atoms with Crippen LogP contribution in [-0.4, -0.2) is 13.1 Å². The summed E-state index contributed by atoms with van der Waals surface area (Å²) in [6.07, 6.45) is 7.26. The van der Waals surface area contributed by atoms with Crippen LogP contribution in [0.5, 0.6) is 0 Å². The van der Waals surface area contributed by atoms with Gasteiger partial charge in [-0.25, -0.2) is 0 Å². The quantitative estimate of drug-likeness (QED) is 0.126. The number of nitrogens with zero attached hydrogens (tertiary/aromatic N) is 2. The summed E-state index contributed by atoms with van der Waals surface area (Å²) < 4.78 is 0. The van der Waals surface area contributed by atoms with Gasteiger partial charge in [-0.1, -0.05) is 137 Å². The van der Waals surface area contributed by atoms with Crippen LogP contribution in [0.25, 0.3) is 32.7 Å². The molecule has 0 spiro atoms. The first kappa shape index (κ1) is 29.5. The van der Waals surface area contributed by atoms with Crippen molar-refractivity contribution in [3.8, 4) is 11.1 Å². The topological polar surface area (TPSA) is 6.48 Å². The summed E-state index contributed by atoms with van der Waals surface area (Å²) in [5.41, 5.74) is 7.55. The van der Waals surface area contributed by atoms with Gasteiger partial charge in [0.25, 0.3) is 0 Å². The van der Waals surface area contributed by atoms with Gasteiger partial charge in [-0.3, -0.25) is 0 Å². The summed E-state index contributed by atoms with van der Waals surface area (Å²) in [5, 5.41) is 5.19. The molecular weight excluding hydrogens is 532 g/mol. The number of hydrogen-bond acceptors (Lipinski definition) is 2. The van der Waals surface area contributed by atoms with E-state index in [4.69, 9.17) is 0 Å². The van der Waals surface area contributed by atoms with Crippen LogP contribution in [0.3, 0.4) is 0 Å². The third-order valence-electron chi connectivity index (χ3n) is 8.78. The Morgan fingerprint density at radius 2 is 0.773 bits per heavy atom. The van der Waals surface area contributed by atoms with Gasteiger partial charge in [-0.2, -0.15) is 0 Å². The fourth-order valence-electron chi connectivity index (χ4n) is 6.37. The lowest BCUT2D eigenvalue weighted by atomic mass is 10.0. The average molecular weight is 577 g/mol. The van der Waals surface area contributed by atoms with E-state index >= 15 is 0 Å². The molecule has 2 nitrogen and oxygen atoms in total. The molecule has 0 aliphatic carbocycles. The molecule has 6 rings (SSSR count). The Balaban J connectivity index is 1.28. The van der Waals surface area contributed by atoms with Crippen molar-refractivity contribution in [2.24, 2.45) is 0 Å². The molecule has 0 aromatic heterocycles. The van der Waals surface area contributed by atoms with Gasteiger partial charge >= 0.3 is 0 Å². The molecule has 44 heavy (non-hydrogen) atoms. The zero-order valence-corrected chi connectivity index (χ0v) is 26.3. The molecule has 0 unspecified atom stereocenters. The highest BCUT2D eigenvalue weighted by atomic mass is 15.1. The molecule has 0 amide bonds. The SMILES string of the molecule is CCCCCN(c1ccc(-c2ccc(N(CCCCC)c3cccc4ccccc34)cc2)cc1)c1cccc2ccccc12. The molecule has 0 saturated carbocycles. The molecular formula is C42H44N2. The van der Waals surface area contributed by atoms with E-state index in [2.05, 4.69) is 157 Å². The first-order chi connectivity index (χ1) is 21.8. The summed E-state index contributed by atoms with van der Waals surface area (Å²) in [5.74, 6) is 0. The molecule has 0 bridgehead atoms. The van der Waals surface area contributed by atoms with Crippen molar-refractivity contribution in [1.29, 1.82) is 0 Å². The fourth-order valence-corrected chi connectivity index (χ4v) is 6.37. The van der Waals surface area contributed by atoms with E-state index in [1.54, 1.807) is 0 Å². The number of fused-ring (bicyclic) bond motifs is 2. The van der Waals surface area contributed by atoms with E-state index in [-0.39, 0.29) is 0 Å². The predicted molar refractivity (Wildman–Crippen MR) is 193 cm³/mol. The van der Waals surface area contributed by atoms with Crippen molar-refractivity contribution >= 4 is 44.3 Å². The third-order valence-corrected chi connectivity index (χ3v) is 8.78. The van der Waals surface area contributed by atoms with E-state index in [1.807, 2.05) is 0 Å². The lowest BCUT2D eigenvalue weighted by Gasteiger charge is -2.27. The van der Waals surface area contributed by atoms with Crippen molar-refractivity contribution in [3.63, 3.8) is 0 Å². The second-order valence-corrected chi connectivity index (χ2v) is 11.8. The van der Waals surface area contributed by atoms with Gasteiger partial charge in [0.2, 0.25) is 0 Å². The number of benzene rings is 6. The van der Waals surface area contributed by atoms with Crippen molar-refractivity contribution in [2.45, 2.75) is 52.4 Å². The number of rotatable bonds is 13. The van der Waals surface area contributed by atoms with Gasteiger partial charge < -0.3 is 9.80 Å². The van der Waals surface area contributed by atoms with E-state index in [0.29, 0.717) is 0 Å². The molecule has 6 aromatic rings. The Bertz CT molecular complexity index is 1640. The third kappa shape index (κ3) is 6.50. The highest BCUT2D eigenvalue weighted by molar-refractivity contribution is 5.97. The van der Waals surface area contributed by atoms with Crippen LogP contribution in [0.15, 0.2) is 133 Å². The highest BCUT2D eigenvalue weighted by Crippen LogP contribution is 2.36. The van der Waals surface area contributed by atoms with E-state index < -0.39 is 0 Å². The second-order valence-electron chi connectivity index (χ2n) is 11.8. The lowest BCUT2D eigenvalue weighted by molar-refractivity contribution is 0.717. The van der Waals surface area contributed by atoms with Gasteiger partial charge in [-0.15, -0.1) is 0 Å². The van der Waals surface area contributed by atoms with Gasteiger partial charge in [0, 0.05) is 46.6 Å². The summed E-state index contributed by atoms with van der Waals surface area (Å²) in [7, 11) is 0. The molecule has 0 radical (unpaired) electrons. The van der Waals surface area contributed by atoms with Gasteiger partial charge in [0.15, 0.2) is 0 Å². The van der Waals surface area contributed by atoms with Crippen molar-refractivity contribution in [1.82, 2.24) is 0 Å². The predicted octanol–water partition coefficient (Wildman–Crippen LogP) is 12.3. The summed E-state index contributed by atoms with van der Waals surface area (Å²) in [4.78, 5) is 5.01.